The van der Waals surface area contributed by atoms with Gasteiger partial charge in [0.25, 0.3) is 0 Å². The van der Waals surface area contributed by atoms with Crippen molar-refractivity contribution in [3.05, 3.63) is 35.4 Å². The minimum atomic E-state index is -0.772. The molecule has 1 heterocycles. The summed E-state index contributed by atoms with van der Waals surface area (Å²) in [5.74, 6) is -1.50. The first-order chi connectivity index (χ1) is 10.1. The summed E-state index contributed by atoms with van der Waals surface area (Å²) in [7, 11) is 2.12. The number of hydrogen-bond donors (Lipinski definition) is 1. The van der Waals surface area contributed by atoms with Crippen LogP contribution in [0.5, 0.6) is 0 Å². The third-order valence-electron chi connectivity index (χ3n) is 4.06. The molecule has 1 fully saturated rings. The van der Waals surface area contributed by atoms with Crippen molar-refractivity contribution < 1.29 is 8.78 Å². The van der Waals surface area contributed by atoms with E-state index >= 15 is 0 Å². The van der Waals surface area contributed by atoms with E-state index in [0.29, 0.717) is 12.1 Å². The van der Waals surface area contributed by atoms with Crippen LogP contribution in [0, 0.1) is 11.6 Å². The van der Waals surface area contributed by atoms with E-state index in [0.717, 1.165) is 39.1 Å². The molecule has 0 aliphatic carbocycles. The predicted molar refractivity (Wildman–Crippen MR) is 81.3 cm³/mol. The van der Waals surface area contributed by atoms with Crippen molar-refractivity contribution in [2.24, 2.45) is 0 Å². The zero-order valence-corrected chi connectivity index (χ0v) is 12.9. The lowest BCUT2D eigenvalue weighted by Gasteiger charge is -2.27. The maximum absolute atomic E-state index is 14.0. The average molecular weight is 297 g/mol. The number of likely N-dealkylation sites (N-methyl/N-ethyl adjacent to an activating group) is 2. The second-order valence-corrected chi connectivity index (χ2v) is 5.71. The molecule has 1 aromatic carbocycles. The molecule has 0 amide bonds. The first-order valence-corrected chi connectivity index (χ1v) is 7.70. The molecule has 5 heteroatoms. The van der Waals surface area contributed by atoms with Gasteiger partial charge in [0.05, 0.1) is 0 Å². The summed E-state index contributed by atoms with van der Waals surface area (Å²) in [5, 5.41) is 3.28. The Balaban J connectivity index is 2.09. The number of benzene rings is 1. The van der Waals surface area contributed by atoms with Crippen LogP contribution in [-0.4, -0.2) is 56.1 Å². The number of rotatable bonds is 5. The zero-order chi connectivity index (χ0) is 15.2. The van der Waals surface area contributed by atoms with Gasteiger partial charge in [-0.25, -0.2) is 8.78 Å². The smallest absolute Gasteiger partial charge is 0.163 e. The highest BCUT2D eigenvalue weighted by Crippen LogP contribution is 2.21. The van der Waals surface area contributed by atoms with Gasteiger partial charge in [0, 0.05) is 31.2 Å². The topological polar surface area (TPSA) is 18.5 Å². The minimum absolute atomic E-state index is 0.172. The van der Waals surface area contributed by atoms with Crippen LogP contribution in [0.4, 0.5) is 8.78 Å². The third kappa shape index (κ3) is 4.46. The SMILES string of the molecule is CCNC(CN1CCCN(C)CC1)c1cccc(F)c1F. The van der Waals surface area contributed by atoms with Gasteiger partial charge in [-0.05, 0) is 39.2 Å². The van der Waals surface area contributed by atoms with Crippen molar-refractivity contribution in [1.29, 1.82) is 0 Å². The Bertz CT molecular complexity index is 453. The molecule has 0 radical (unpaired) electrons. The molecular formula is C16H25F2N3. The van der Waals surface area contributed by atoms with Gasteiger partial charge in [-0.3, -0.25) is 0 Å². The van der Waals surface area contributed by atoms with E-state index in [1.165, 1.54) is 6.07 Å². The first kappa shape index (κ1) is 16.3. The van der Waals surface area contributed by atoms with Crippen LogP contribution in [0.2, 0.25) is 0 Å². The third-order valence-corrected chi connectivity index (χ3v) is 4.06. The molecule has 1 N–H and O–H groups in total. The summed E-state index contributed by atoms with van der Waals surface area (Å²) in [4.78, 5) is 4.65. The lowest BCUT2D eigenvalue weighted by molar-refractivity contribution is 0.245. The zero-order valence-electron chi connectivity index (χ0n) is 12.9. The highest BCUT2D eigenvalue weighted by molar-refractivity contribution is 5.23. The van der Waals surface area contributed by atoms with Crippen LogP contribution in [0.15, 0.2) is 18.2 Å². The molecule has 1 aliphatic rings. The normalized spacial score (nSPS) is 19.4. The molecule has 1 aliphatic heterocycles. The van der Waals surface area contributed by atoms with Gasteiger partial charge in [0.2, 0.25) is 0 Å². The Morgan fingerprint density at radius 3 is 2.76 bits per heavy atom. The van der Waals surface area contributed by atoms with Gasteiger partial charge in [-0.1, -0.05) is 19.1 Å². The van der Waals surface area contributed by atoms with E-state index in [1.807, 2.05) is 6.92 Å². The van der Waals surface area contributed by atoms with Crippen LogP contribution in [-0.2, 0) is 0 Å². The van der Waals surface area contributed by atoms with E-state index in [4.69, 9.17) is 0 Å². The molecule has 1 saturated heterocycles. The highest BCUT2D eigenvalue weighted by Gasteiger charge is 2.21. The largest absolute Gasteiger partial charge is 0.309 e. The molecule has 1 unspecified atom stereocenters. The maximum atomic E-state index is 14.0. The van der Waals surface area contributed by atoms with Crippen molar-refractivity contribution in [3.63, 3.8) is 0 Å². The maximum Gasteiger partial charge on any atom is 0.163 e. The van der Waals surface area contributed by atoms with E-state index in [1.54, 1.807) is 12.1 Å². The molecule has 0 aromatic heterocycles. The van der Waals surface area contributed by atoms with E-state index in [2.05, 4.69) is 22.2 Å². The van der Waals surface area contributed by atoms with Crippen molar-refractivity contribution in [1.82, 2.24) is 15.1 Å². The second kappa shape index (κ2) is 7.82. The monoisotopic (exact) mass is 297 g/mol. The second-order valence-electron chi connectivity index (χ2n) is 5.71. The molecule has 1 atom stereocenters. The van der Waals surface area contributed by atoms with Crippen LogP contribution < -0.4 is 5.32 Å². The summed E-state index contributed by atoms with van der Waals surface area (Å²) < 4.78 is 27.5. The Labute approximate surface area is 125 Å². The summed E-state index contributed by atoms with van der Waals surface area (Å²) in [5.41, 5.74) is 0.425. The molecular weight excluding hydrogens is 272 g/mol. The van der Waals surface area contributed by atoms with Gasteiger partial charge < -0.3 is 15.1 Å². The molecule has 21 heavy (non-hydrogen) atoms. The fourth-order valence-electron chi connectivity index (χ4n) is 2.85. The Hall–Kier alpha value is -1.04. The Morgan fingerprint density at radius 1 is 1.19 bits per heavy atom. The predicted octanol–water partition coefficient (Wildman–Crippen LogP) is 2.25. The lowest BCUT2D eigenvalue weighted by Crippen LogP contribution is -2.37. The van der Waals surface area contributed by atoms with Gasteiger partial charge in [-0.15, -0.1) is 0 Å². The van der Waals surface area contributed by atoms with Crippen LogP contribution in [0.25, 0.3) is 0 Å². The van der Waals surface area contributed by atoms with Crippen molar-refractivity contribution in [2.75, 3.05) is 46.3 Å². The summed E-state index contributed by atoms with van der Waals surface area (Å²) in [6.07, 6.45) is 1.11. The number of nitrogens with zero attached hydrogens (tertiary/aromatic N) is 2. The van der Waals surface area contributed by atoms with Gasteiger partial charge >= 0.3 is 0 Å². The van der Waals surface area contributed by atoms with Gasteiger partial charge in [-0.2, -0.15) is 0 Å². The molecule has 0 saturated carbocycles. The summed E-state index contributed by atoms with van der Waals surface area (Å²) >= 11 is 0. The quantitative estimate of drug-likeness (QED) is 0.899. The Morgan fingerprint density at radius 2 is 2.00 bits per heavy atom. The van der Waals surface area contributed by atoms with Gasteiger partial charge in [0.1, 0.15) is 0 Å². The summed E-state index contributed by atoms with van der Waals surface area (Å²) in [6.45, 7) is 7.51. The average Bonchev–Trinajstić information content (AvgIpc) is 2.66. The van der Waals surface area contributed by atoms with Crippen molar-refractivity contribution in [3.8, 4) is 0 Å². The highest BCUT2D eigenvalue weighted by atomic mass is 19.2. The van der Waals surface area contributed by atoms with Crippen molar-refractivity contribution in [2.45, 2.75) is 19.4 Å². The van der Waals surface area contributed by atoms with E-state index < -0.39 is 11.6 Å². The molecule has 2 rings (SSSR count). The number of nitrogens with one attached hydrogen (secondary N) is 1. The fraction of sp³-hybridized carbons (Fsp3) is 0.625. The van der Waals surface area contributed by atoms with Crippen LogP contribution in [0.1, 0.15) is 24.9 Å². The Kier molecular flexibility index (Phi) is 6.08. The van der Waals surface area contributed by atoms with Crippen molar-refractivity contribution >= 4 is 0 Å². The minimum Gasteiger partial charge on any atom is -0.309 e. The molecule has 0 spiro atoms. The molecule has 118 valence electrons. The van der Waals surface area contributed by atoms with Gasteiger partial charge in [0.15, 0.2) is 11.6 Å². The standard InChI is InChI=1S/C16H25F2N3/c1-3-19-15(13-6-4-7-14(17)16(13)18)12-21-9-5-8-20(2)10-11-21/h4,6-7,15,19H,3,5,8-12H2,1-2H3. The van der Waals surface area contributed by atoms with E-state index in [-0.39, 0.29) is 6.04 Å². The van der Waals surface area contributed by atoms with Crippen LogP contribution in [0.3, 0.4) is 0 Å². The number of hydrogen-bond acceptors (Lipinski definition) is 3. The summed E-state index contributed by atoms with van der Waals surface area (Å²) in [6, 6.07) is 4.25. The fourth-order valence-corrected chi connectivity index (χ4v) is 2.85. The lowest BCUT2D eigenvalue weighted by atomic mass is 10.0. The van der Waals surface area contributed by atoms with E-state index in [9.17, 15) is 8.78 Å². The molecule has 3 nitrogen and oxygen atoms in total. The first-order valence-electron chi connectivity index (χ1n) is 7.70. The van der Waals surface area contributed by atoms with Crippen LogP contribution >= 0.6 is 0 Å². The number of halogens is 2. The molecule has 1 aromatic rings. The molecule has 0 bridgehead atoms.